The molecule has 1 fully saturated rings. The summed E-state index contributed by atoms with van der Waals surface area (Å²) < 4.78 is 19.0. The van der Waals surface area contributed by atoms with Crippen LogP contribution in [0.25, 0.3) is 0 Å². The zero-order valence-electron chi connectivity index (χ0n) is 13.5. The minimum absolute atomic E-state index is 0.160. The third-order valence-corrected chi connectivity index (χ3v) is 4.17. The maximum Gasteiger partial charge on any atom is 0.142 e. The van der Waals surface area contributed by atoms with Gasteiger partial charge in [0.2, 0.25) is 0 Å². The van der Waals surface area contributed by atoms with E-state index < -0.39 is 0 Å². The second-order valence-corrected chi connectivity index (χ2v) is 5.79. The van der Waals surface area contributed by atoms with Crippen LogP contribution >= 0.6 is 0 Å². The third kappa shape index (κ3) is 4.02. The van der Waals surface area contributed by atoms with Gasteiger partial charge < -0.3 is 9.64 Å². The lowest BCUT2D eigenvalue weighted by molar-refractivity contribution is 0.248. The molecule has 1 saturated heterocycles. The Labute approximate surface area is 137 Å². The summed E-state index contributed by atoms with van der Waals surface area (Å²) in [7, 11) is 0. The number of halogens is 1. The lowest BCUT2D eigenvalue weighted by atomic mass is 10.2. The summed E-state index contributed by atoms with van der Waals surface area (Å²) in [5.74, 6) is 0.792. The van der Waals surface area contributed by atoms with Crippen molar-refractivity contribution in [3.8, 4) is 5.75 Å². The SMILES string of the molecule is CCOc1ccccc1N1CCN(Cc2cccc(F)c2)CC1. The average molecular weight is 314 g/mol. The molecular formula is C19H23FN2O. The molecule has 1 aliphatic rings. The quantitative estimate of drug-likeness (QED) is 0.839. The Morgan fingerprint density at radius 3 is 2.52 bits per heavy atom. The molecule has 0 amide bonds. The van der Waals surface area contributed by atoms with Crippen LogP contribution in [-0.2, 0) is 6.54 Å². The first-order valence-electron chi connectivity index (χ1n) is 8.20. The molecule has 0 bridgehead atoms. The fourth-order valence-electron chi connectivity index (χ4n) is 3.04. The van der Waals surface area contributed by atoms with Crippen LogP contribution in [0, 0.1) is 5.82 Å². The molecule has 0 unspecified atom stereocenters. The molecule has 23 heavy (non-hydrogen) atoms. The monoisotopic (exact) mass is 314 g/mol. The maximum absolute atomic E-state index is 13.3. The summed E-state index contributed by atoms with van der Waals surface area (Å²) in [6.07, 6.45) is 0. The fourth-order valence-corrected chi connectivity index (χ4v) is 3.04. The predicted molar refractivity (Wildman–Crippen MR) is 91.5 cm³/mol. The molecule has 0 aromatic heterocycles. The van der Waals surface area contributed by atoms with Gasteiger partial charge in [-0.2, -0.15) is 0 Å². The highest BCUT2D eigenvalue weighted by Crippen LogP contribution is 2.29. The van der Waals surface area contributed by atoms with Crippen LogP contribution in [0.3, 0.4) is 0 Å². The Morgan fingerprint density at radius 1 is 1.00 bits per heavy atom. The maximum atomic E-state index is 13.3. The molecule has 0 N–H and O–H groups in total. The van der Waals surface area contributed by atoms with Gasteiger partial charge in [0.05, 0.1) is 12.3 Å². The van der Waals surface area contributed by atoms with Gasteiger partial charge in [-0.1, -0.05) is 24.3 Å². The number of hydrogen-bond acceptors (Lipinski definition) is 3. The molecule has 0 saturated carbocycles. The first-order valence-corrected chi connectivity index (χ1v) is 8.20. The van der Waals surface area contributed by atoms with Gasteiger partial charge in [-0.3, -0.25) is 4.90 Å². The number of piperazine rings is 1. The molecule has 3 rings (SSSR count). The normalized spacial score (nSPS) is 15.7. The smallest absolute Gasteiger partial charge is 0.142 e. The van der Waals surface area contributed by atoms with Crippen LogP contribution in [-0.4, -0.2) is 37.7 Å². The van der Waals surface area contributed by atoms with E-state index in [0.29, 0.717) is 6.61 Å². The molecule has 1 aliphatic heterocycles. The zero-order valence-corrected chi connectivity index (χ0v) is 13.5. The van der Waals surface area contributed by atoms with E-state index in [1.54, 1.807) is 12.1 Å². The van der Waals surface area contributed by atoms with Crippen LogP contribution in [0.4, 0.5) is 10.1 Å². The zero-order chi connectivity index (χ0) is 16.1. The Kier molecular flexibility index (Phi) is 5.13. The molecule has 1 heterocycles. The summed E-state index contributed by atoms with van der Waals surface area (Å²) in [6, 6.07) is 15.1. The Morgan fingerprint density at radius 2 is 1.78 bits per heavy atom. The van der Waals surface area contributed by atoms with Crippen molar-refractivity contribution >= 4 is 5.69 Å². The number of ether oxygens (including phenoxy) is 1. The Balaban J connectivity index is 1.60. The van der Waals surface area contributed by atoms with Gasteiger partial charge in [-0.25, -0.2) is 4.39 Å². The van der Waals surface area contributed by atoms with Crippen LogP contribution in [0.2, 0.25) is 0 Å². The van der Waals surface area contributed by atoms with Gasteiger partial charge in [-0.15, -0.1) is 0 Å². The predicted octanol–water partition coefficient (Wildman–Crippen LogP) is 3.55. The van der Waals surface area contributed by atoms with E-state index in [9.17, 15) is 4.39 Å². The van der Waals surface area contributed by atoms with Crippen molar-refractivity contribution in [1.29, 1.82) is 0 Å². The van der Waals surface area contributed by atoms with E-state index in [1.807, 2.05) is 25.1 Å². The minimum Gasteiger partial charge on any atom is -0.492 e. The molecular weight excluding hydrogens is 291 g/mol. The molecule has 122 valence electrons. The van der Waals surface area contributed by atoms with Gasteiger partial charge in [-0.05, 0) is 36.8 Å². The summed E-state index contributed by atoms with van der Waals surface area (Å²) in [6.45, 7) is 7.34. The molecule has 3 nitrogen and oxygen atoms in total. The van der Waals surface area contributed by atoms with Crippen LogP contribution in [0.15, 0.2) is 48.5 Å². The van der Waals surface area contributed by atoms with Crippen molar-refractivity contribution in [2.45, 2.75) is 13.5 Å². The highest BCUT2D eigenvalue weighted by atomic mass is 19.1. The average Bonchev–Trinajstić information content (AvgIpc) is 2.57. The third-order valence-electron chi connectivity index (χ3n) is 4.17. The number of anilines is 1. The highest BCUT2D eigenvalue weighted by Gasteiger charge is 2.19. The topological polar surface area (TPSA) is 15.7 Å². The molecule has 0 spiro atoms. The number of para-hydroxylation sites is 2. The highest BCUT2D eigenvalue weighted by molar-refractivity contribution is 5.58. The van der Waals surface area contributed by atoms with E-state index >= 15 is 0 Å². The van der Waals surface area contributed by atoms with Gasteiger partial charge in [0.1, 0.15) is 11.6 Å². The van der Waals surface area contributed by atoms with E-state index in [2.05, 4.69) is 21.9 Å². The van der Waals surface area contributed by atoms with Crippen molar-refractivity contribution in [2.24, 2.45) is 0 Å². The largest absolute Gasteiger partial charge is 0.492 e. The minimum atomic E-state index is -0.160. The van der Waals surface area contributed by atoms with Crippen LogP contribution in [0.1, 0.15) is 12.5 Å². The van der Waals surface area contributed by atoms with Crippen LogP contribution in [0.5, 0.6) is 5.75 Å². The Bertz CT molecular complexity index is 639. The van der Waals surface area contributed by atoms with E-state index in [4.69, 9.17) is 4.74 Å². The van der Waals surface area contributed by atoms with Crippen molar-refractivity contribution in [2.75, 3.05) is 37.7 Å². The summed E-state index contributed by atoms with van der Waals surface area (Å²) in [5, 5.41) is 0. The van der Waals surface area contributed by atoms with Crippen LogP contribution < -0.4 is 9.64 Å². The van der Waals surface area contributed by atoms with Crippen molar-refractivity contribution in [1.82, 2.24) is 4.90 Å². The van der Waals surface area contributed by atoms with E-state index in [1.165, 1.54) is 11.8 Å². The molecule has 2 aromatic rings. The fraction of sp³-hybridized carbons (Fsp3) is 0.368. The number of benzene rings is 2. The summed E-state index contributed by atoms with van der Waals surface area (Å²) in [5.41, 5.74) is 2.20. The van der Waals surface area contributed by atoms with Crippen molar-refractivity contribution < 1.29 is 9.13 Å². The van der Waals surface area contributed by atoms with Gasteiger partial charge in [0.15, 0.2) is 0 Å². The second-order valence-electron chi connectivity index (χ2n) is 5.79. The number of hydrogen-bond donors (Lipinski definition) is 0. The molecule has 2 aromatic carbocycles. The second kappa shape index (κ2) is 7.47. The van der Waals surface area contributed by atoms with Crippen molar-refractivity contribution in [3.05, 3.63) is 59.9 Å². The molecule has 0 radical (unpaired) electrons. The van der Waals surface area contributed by atoms with Crippen molar-refractivity contribution in [3.63, 3.8) is 0 Å². The molecule has 4 heteroatoms. The summed E-state index contributed by atoms with van der Waals surface area (Å²) in [4.78, 5) is 4.74. The number of nitrogens with zero attached hydrogens (tertiary/aromatic N) is 2. The Hall–Kier alpha value is -2.07. The lowest BCUT2D eigenvalue weighted by Crippen LogP contribution is -2.46. The first-order chi connectivity index (χ1) is 11.3. The van der Waals surface area contributed by atoms with Gasteiger partial charge in [0.25, 0.3) is 0 Å². The summed E-state index contributed by atoms with van der Waals surface area (Å²) >= 11 is 0. The first kappa shape index (κ1) is 15.8. The molecule has 0 aliphatic carbocycles. The van der Waals surface area contributed by atoms with E-state index in [0.717, 1.165) is 44.0 Å². The molecule has 0 atom stereocenters. The van der Waals surface area contributed by atoms with Gasteiger partial charge in [0, 0.05) is 32.7 Å². The van der Waals surface area contributed by atoms with E-state index in [-0.39, 0.29) is 5.82 Å². The van der Waals surface area contributed by atoms with Gasteiger partial charge >= 0.3 is 0 Å². The standard InChI is InChI=1S/C19H23FN2O/c1-2-23-19-9-4-3-8-18(19)22-12-10-21(11-13-22)15-16-6-5-7-17(20)14-16/h3-9,14H,2,10-13,15H2,1H3. The number of rotatable bonds is 5. The lowest BCUT2D eigenvalue weighted by Gasteiger charge is -2.36.